The molecule has 2 atom stereocenters. The molecule has 0 amide bonds. The number of nitrogens with one attached hydrogen (secondary N) is 1. The molecule has 2 aliphatic heterocycles. The fraction of sp³-hybridized carbons (Fsp3) is 0.800. The van der Waals surface area contributed by atoms with E-state index in [2.05, 4.69) is 33.7 Å². The van der Waals surface area contributed by atoms with E-state index in [0.29, 0.717) is 0 Å². The molecule has 0 aliphatic carbocycles. The summed E-state index contributed by atoms with van der Waals surface area (Å²) in [6.45, 7) is 8.37. The molecule has 0 bridgehead atoms. The molecular weight excluding hydrogens is 236 g/mol. The summed E-state index contributed by atoms with van der Waals surface area (Å²) in [5, 5.41) is 0. The number of nitrogens with zero attached hydrogens (tertiary/aromatic N) is 3. The largest absolute Gasteiger partial charge is 0.345 e. The van der Waals surface area contributed by atoms with E-state index in [4.69, 9.17) is 0 Å². The Morgan fingerprint density at radius 2 is 2.00 bits per heavy atom. The number of aryl methyl sites for hydroxylation is 1. The summed E-state index contributed by atoms with van der Waals surface area (Å²) in [6.07, 6.45) is 5.59. The summed E-state index contributed by atoms with van der Waals surface area (Å²) in [4.78, 5) is 13.1. The highest BCUT2D eigenvalue weighted by atomic mass is 15.2. The van der Waals surface area contributed by atoms with Gasteiger partial charge in [0.1, 0.15) is 5.82 Å². The Bertz CT molecular complexity index is 400. The number of H-pyrrole nitrogens is 1. The van der Waals surface area contributed by atoms with Gasteiger partial charge in [-0.3, -0.25) is 4.90 Å². The predicted octanol–water partition coefficient (Wildman–Crippen LogP) is 1.75. The van der Waals surface area contributed by atoms with Gasteiger partial charge < -0.3 is 9.88 Å². The molecule has 0 spiro atoms. The molecule has 106 valence electrons. The Hall–Kier alpha value is -0.870. The van der Waals surface area contributed by atoms with Crippen LogP contribution >= 0.6 is 0 Å². The topological polar surface area (TPSA) is 35.2 Å². The Morgan fingerprint density at radius 1 is 1.26 bits per heavy atom. The van der Waals surface area contributed by atoms with Crippen LogP contribution in [-0.2, 0) is 13.0 Å². The normalized spacial score (nSPS) is 28.1. The van der Waals surface area contributed by atoms with Crippen LogP contribution in [0.4, 0.5) is 0 Å². The van der Waals surface area contributed by atoms with E-state index in [9.17, 15) is 0 Å². The molecule has 3 heterocycles. The van der Waals surface area contributed by atoms with Crippen molar-refractivity contribution in [2.75, 3.05) is 33.2 Å². The highest BCUT2D eigenvalue weighted by molar-refractivity contribution is 5.03. The standard InChI is InChI=1S/C15H26N4/c1-3-4-5-15-16-6-14(17-15)11-19-9-12-7-18(2)8-13(12)10-19/h6,12-13H,3-5,7-11H2,1-2H3,(H,16,17)/t12-,13+. The molecule has 3 rings (SSSR count). The summed E-state index contributed by atoms with van der Waals surface area (Å²) in [5.41, 5.74) is 1.29. The summed E-state index contributed by atoms with van der Waals surface area (Å²) >= 11 is 0. The number of likely N-dealkylation sites (tertiary alicyclic amines) is 2. The zero-order chi connectivity index (χ0) is 13.2. The third kappa shape index (κ3) is 3.00. The van der Waals surface area contributed by atoms with Crippen molar-refractivity contribution in [2.45, 2.75) is 32.7 Å². The minimum absolute atomic E-state index is 0.896. The summed E-state index contributed by atoms with van der Waals surface area (Å²) < 4.78 is 0. The van der Waals surface area contributed by atoms with Crippen LogP contribution in [0, 0.1) is 11.8 Å². The van der Waals surface area contributed by atoms with Crippen LogP contribution < -0.4 is 0 Å². The number of imidazole rings is 1. The third-order valence-corrected chi connectivity index (χ3v) is 4.59. The lowest BCUT2D eigenvalue weighted by Crippen LogP contribution is -2.26. The summed E-state index contributed by atoms with van der Waals surface area (Å²) in [7, 11) is 2.25. The van der Waals surface area contributed by atoms with E-state index in [1.54, 1.807) is 0 Å². The van der Waals surface area contributed by atoms with Gasteiger partial charge in [0.25, 0.3) is 0 Å². The van der Waals surface area contributed by atoms with Gasteiger partial charge in [0.2, 0.25) is 0 Å². The van der Waals surface area contributed by atoms with Gasteiger partial charge in [0.15, 0.2) is 0 Å². The molecule has 2 aliphatic rings. The van der Waals surface area contributed by atoms with Gasteiger partial charge in [0.05, 0.1) is 0 Å². The second kappa shape index (κ2) is 5.63. The zero-order valence-corrected chi connectivity index (χ0v) is 12.2. The molecule has 0 saturated carbocycles. The number of aromatic amines is 1. The van der Waals surface area contributed by atoms with Gasteiger partial charge in [0, 0.05) is 51.0 Å². The molecule has 19 heavy (non-hydrogen) atoms. The second-order valence-electron chi connectivity index (χ2n) is 6.39. The van der Waals surface area contributed by atoms with Crippen LogP contribution in [0.5, 0.6) is 0 Å². The van der Waals surface area contributed by atoms with Gasteiger partial charge in [-0.05, 0) is 25.3 Å². The van der Waals surface area contributed by atoms with Gasteiger partial charge in [-0.2, -0.15) is 0 Å². The van der Waals surface area contributed by atoms with Crippen LogP contribution in [-0.4, -0.2) is 53.0 Å². The van der Waals surface area contributed by atoms with Crippen LogP contribution in [0.3, 0.4) is 0 Å². The van der Waals surface area contributed by atoms with E-state index in [1.165, 1.54) is 44.7 Å². The lowest BCUT2D eigenvalue weighted by Gasteiger charge is -2.17. The number of rotatable bonds is 5. The molecule has 1 aromatic heterocycles. The number of fused-ring (bicyclic) bond motifs is 1. The SMILES string of the molecule is CCCCc1ncc(CN2C[C@H]3CN(C)C[C@H]3C2)[nH]1. The average molecular weight is 262 g/mol. The Morgan fingerprint density at radius 3 is 2.68 bits per heavy atom. The fourth-order valence-electron chi connectivity index (χ4n) is 3.65. The highest BCUT2D eigenvalue weighted by Crippen LogP contribution is 2.30. The first-order chi connectivity index (χ1) is 9.24. The first kappa shape index (κ1) is 13.1. The summed E-state index contributed by atoms with van der Waals surface area (Å²) in [5.74, 6) is 2.95. The number of hydrogen-bond acceptors (Lipinski definition) is 3. The predicted molar refractivity (Wildman–Crippen MR) is 77.0 cm³/mol. The van der Waals surface area contributed by atoms with Gasteiger partial charge in [-0.15, -0.1) is 0 Å². The second-order valence-corrected chi connectivity index (χ2v) is 6.39. The Balaban J connectivity index is 1.51. The minimum atomic E-state index is 0.896. The fourth-order valence-corrected chi connectivity index (χ4v) is 3.65. The van der Waals surface area contributed by atoms with Gasteiger partial charge in [-0.25, -0.2) is 4.98 Å². The van der Waals surface area contributed by atoms with Crippen molar-refractivity contribution in [1.29, 1.82) is 0 Å². The molecule has 0 unspecified atom stereocenters. The van der Waals surface area contributed by atoms with Crippen molar-refractivity contribution in [1.82, 2.24) is 19.8 Å². The number of hydrogen-bond donors (Lipinski definition) is 1. The third-order valence-electron chi connectivity index (χ3n) is 4.59. The maximum Gasteiger partial charge on any atom is 0.106 e. The van der Waals surface area contributed by atoms with E-state index in [0.717, 1.165) is 30.6 Å². The van der Waals surface area contributed by atoms with Crippen molar-refractivity contribution in [3.05, 3.63) is 17.7 Å². The molecule has 4 heteroatoms. The molecule has 0 aromatic carbocycles. The first-order valence-electron chi connectivity index (χ1n) is 7.68. The monoisotopic (exact) mass is 262 g/mol. The minimum Gasteiger partial charge on any atom is -0.345 e. The maximum atomic E-state index is 4.49. The molecule has 2 saturated heterocycles. The maximum absolute atomic E-state index is 4.49. The average Bonchev–Trinajstić information content (AvgIpc) is 3.02. The smallest absolute Gasteiger partial charge is 0.106 e. The van der Waals surface area contributed by atoms with Crippen LogP contribution in [0.1, 0.15) is 31.3 Å². The summed E-state index contributed by atoms with van der Waals surface area (Å²) in [6, 6.07) is 0. The first-order valence-corrected chi connectivity index (χ1v) is 7.68. The lowest BCUT2D eigenvalue weighted by atomic mass is 10.0. The van der Waals surface area contributed by atoms with E-state index in [-0.39, 0.29) is 0 Å². The zero-order valence-electron chi connectivity index (χ0n) is 12.2. The molecule has 0 radical (unpaired) electrons. The van der Waals surface area contributed by atoms with Crippen molar-refractivity contribution in [2.24, 2.45) is 11.8 Å². The van der Waals surface area contributed by atoms with Crippen LogP contribution in [0.25, 0.3) is 0 Å². The molecular formula is C15H26N4. The van der Waals surface area contributed by atoms with E-state index < -0.39 is 0 Å². The van der Waals surface area contributed by atoms with Crippen molar-refractivity contribution < 1.29 is 0 Å². The number of aromatic nitrogens is 2. The van der Waals surface area contributed by atoms with Crippen molar-refractivity contribution in [3.8, 4) is 0 Å². The van der Waals surface area contributed by atoms with Gasteiger partial charge in [-0.1, -0.05) is 13.3 Å². The Labute approximate surface area is 116 Å². The van der Waals surface area contributed by atoms with Crippen LogP contribution in [0.2, 0.25) is 0 Å². The lowest BCUT2D eigenvalue weighted by molar-refractivity contribution is 0.270. The molecule has 2 fully saturated rings. The molecule has 1 N–H and O–H groups in total. The van der Waals surface area contributed by atoms with E-state index in [1.807, 2.05) is 6.20 Å². The van der Waals surface area contributed by atoms with Crippen molar-refractivity contribution >= 4 is 0 Å². The van der Waals surface area contributed by atoms with Crippen molar-refractivity contribution in [3.63, 3.8) is 0 Å². The molecule has 1 aromatic rings. The number of unbranched alkanes of at least 4 members (excludes halogenated alkanes) is 1. The van der Waals surface area contributed by atoms with Crippen LogP contribution in [0.15, 0.2) is 6.20 Å². The Kier molecular flexibility index (Phi) is 3.89. The van der Waals surface area contributed by atoms with E-state index >= 15 is 0 Å². The quantitative estimate of drug-likeness (QED) is 0.878. The highest BCUT2D eigenvalue weighted by Gasteiger charge is 2.38. The molecule has 4 nitrogen and oxygen atoms in total. The van der Waals surface area contributed by atoms with Gasteiger partial charge >= 0.3 is 0 Å².